The molecule has 25 heavy (non-hydrogen) atoms. The number of barbiturate groups is 1. The van der Waals surface area contributed by atoms with Gasteiger partial charge in [-0.3, -0.25) is 19.8 Å². The maximum atomic E-state index is 12.6. The van der Waals surface area contributed by atoms with Crippen LogP contribution in [0.2, 0.25) is 0 Å². The Morgan fingerprint density at radius 2 is 1.60 bits per heavy atom. The van der Waals surface area contributed by atoms with Crippen LogP contribution in [0, 0.1) is 0 Å². The standard InChI is InChI=1S/C19H25N3O3/c1-6-21(7-2)14-10-8-13(9-11-14)12-15-16(23)20-18(25)22(17(15)24)19(3,4)5/h8-12H,6-7H2,1-5H3,(H,20,23,25)/b15-12-. The molecule has 6 heteroatoms. The fourth-order valence-electron chi connectivity index (χ4n) is 2.80. The van der Waals surface area contributed by atoms with Crippen molar-refractivity contribution < 1.29 is 14.4 Å². The molecule has 1 fully saturated rings. The molecule has 1 N–H and O–H groups in total. The lowest BCUT2D eigenvalue weighted by Gasteiger charge is -2.36. The van der Waals surface area contributed by atoms with Crippen molar-refractivity contribution >= 4 is 29.6 Å². The molecule has 0 atom stereocenters. The first-order chi connectivity index (χ1) is 11.7. The summed E-state index contributed by atoms with van der Waals surface area (Å²) in [6, 6.07) is 6.95. The predicted octanol–water partition coefficient (Wildman–Crippen LogP) is 2.79. The summed E-state index contributed by atoms with van der Waals surface area (Å²) in [5.74, 6) is -1.24. The molecule has 134 valence electrons. The van der Waals surface area contributed by atoms with Crippen molar-refractivity contribution in [2.24, 2.45) is 0 Å². The Morgan fingerprint density at radius 3 is 2.08 bits per heavy atom. The highest BCUT2D eigenvalue weighted by atomic mass is 16.2. The average molecular weight is 343 g/mol. The molecule has 2 rings (SSSR count). The summed E-state index contributed by atoms with van der Waals surface area (Å²) < 4.78 is 0. The van der Waals surface area contributed by atoms with Gasteiger partial charge in [0.1, 0.15) is 5.57 Å². The van der Waals surface area contributed by atoms with Crippen molar-refractivity contribution in [3.8, 4) is 0 Å². The van der Waals surface area contributed by atoms with E-state index in [1.807, 2.05) is 24.3 Å². The monoisotopic (exact) mass is 343 g/mol. The topological polar surface area (TPSA) is 69.7 Å². The number of imide groups is 2. The first-order valence-corrected chi connectivity index (χ1v) is 8.45. The summed E-state index contributed by atoms with van der Waals surface area (Å²) in [7, 11) is 0. The van der Waals surface area contributed by atoms with E-state index in [2.05, 4.69) is 24.1 Å². The van der Waals surface area contributed by atoms with Crippen molar-refractivity contribution in [3.63, 3.8) is 0 Å². The Balaban J connectivity index is 2.34. The highest BCUT2D eigenvalue weighted by Gasteiger charge is 2.41. The third kappa shape index (κ3) is 3.90. The zero-order valence-corrected chi connectivity index (χ0v) is 15.4. The molecule has 1 aliphatic rings. The number of hydrogen-bond acceptors (Lipinski definition) is 4. The second-order valence-electron chi connectivity index (χ2n) is 6.89. The molecular formula is C19H25N3O3. The van der Waals surface area contributed by atoms with E-state index in [-0.39, 0.29) is 5.57 Å². The average Bonchev–Trinajstić information content (AvgIpc) is 2.52. The van der Waals surface area contributed by atoms with Crippen LogP contribution in [-0.2, 0) is 9.59 Å². The van der Waals surface area contributed by atoms with E-state index in [1.54, 1.807) is 20.8 Å². The number of benzene rings is 1. The second kappa shape index (κ2) is 7.09. The van der Waals surface area contributed by atoms with Crippen molar-refractivity contribution in [3.05, 3.63) is 35.4 Å². The Hall–Kier alpha value is -2.63. The number of hydrogen-bond donors (Lipinski definition) is 1. The summed E-state index contributed by atoms with van der Waals surface area (Å²) in [4.78, 5) is 40.0. The molecule has 0 bridgehead atoms. The smallest absolute Gasteiger partial charge is 0.331 e. The van der Waals surface area contributed by atoms with E-state index < -0.39 is 23.4 Å². The molecule has 1 aliphatic heterocycles. The minimum Gasteiger partial charge on any atom is -0.372 e. The molecule has 0 aliphatic carbocycles. The molecule has 4 amide bonds. The SMILES string of the molecule is CCN(CC)c1ccc(/C=C2/C(=O)NC(=O)N(C(C)(C)C)C2=O)cc1. The van der Waals surface area contributed by atoms with Crippen LogP contribution in [0.1, 0.15) is 40.2 Å². The second-order valence-corrected chi connectivity index (χ2v) is 6.89. The van der Waals surface area contributed by atoms with Crippen LogP contribution >= 0.6 is 0 Å². The van der Waals surface area contributed by atoms with Crippen LogP contribution in [0.15, 0.2) is 29.8 Å². The third-order valence-corrected chi connectivity index (χ3v) is 4.11. The van der Waals surface area contributed by atoms with E-state index >= 15 is 0 Å². The van der Waals surface area contributed by atoms with Gasteiger partial charge in [-0.05, 0) is 58.4 Å². The molecule has 1 heterocycles. The van der Waals surface area contributed by atoms with Gasteiger partial charge in [0.25, 0.3) is 11.8 Å². The van der Waals surface area contributed by atoms with Gasteiger partial charge in [0, 0.05) is 24.3 Å². The lowest BCUT2D eigenvalue weighted by molar-refractivity contribution is -0.133. The fourth-order valence-corrected chi connectivity index (χ4v) is 2.80. The van der Waals surface area contributed by atoms with Crippen molar-refractivity contribution in [2.75, 3.05) is 18.0 Å². The van der Waals surface area contributed by atoms with E-state index in [4.69, 9.17) is 0 Å². The molecular weight excluding hydrogens is 318 g/mol. The molecule has 1 saturated heterocycles. The molecule has 6 nitrogen and oxygen atoms in total. The van der Waals surface area contributed by atoms with Gasteiger partial charge in [0.2, 0.25) is 0 Å². The lowest BCUT2D eigenvalue weighted by Crippen LogP contribution is -2.60. The molecule has 0 aromatic heterocycles. The van der Waals surface area contributed by atoms with Gasteiger partial charge in [-0.2, -0.15) is 0 Å². The van der Waals surface area contributed by atoms with E-state index in [0.717, 1.165) is 29.2 Å². The number of anilines is 1. The van der Waals surface area contributed by atoms with Crippen molar-refractivity contribution in [1.29, 1.82) is 0 Å². The molecule has 0 spiro atoms. The van der Waals surface area contributed by atoms with Crippen LogP contribution in [0.3, 0.4) is 0 Å². The predicted molar refractivity (Wildman–Crippen MR) is 98.1 cm³/mol. The Morgan fingerprint density at radius 1 is 1.04 bits per heavy atom. The first-order valence-electron chi connectivity index (χ1n) is 8.45. The maximum absolute atomic E-state index is 12.6. The van der Waals surface area contributed by atoms with Crippen molar-refractivity contribution in [1.82, 2.24) is 10.2 Å². The molecule has 0 saturated carbocycles. The van der Waals surface area contributed by atoms with Gasteiger partial charge in [0.15, 0.2) is 0 Å². The number of amides is 4. The van der Waals surface area contributed by atoms with Crippen LogP contribution < -0.4 is 10.2 Å². The lowest BCUT2D eigenvalue weighted by atomic mass is 10.0. The normalized spacial score (nSPS) is 17.1. The summed E-state index contributed by atoms with van der Waals surface area (Å²) in [6.07, 6.45) is 1.52. The minimum absolute atomic E-state index is 0.0369. The summed E-state index contributed by atoms with van der Waals surface area (Å²) in [5, 5.41) is 2.24. The highest BCUT2D eigenvalue weighted by Crippen LogP contribution is 2.23. The highest BCUT2D eigenvalue weighted by molar-refractivity contribution is 6.31. The van der Waals surface area contributed by atoms with E-state index in [1.165, 1.54) is 6.08 Å². The zero-order valence-electron chi connectivity index (χ0n) is 15.4. The number of rotatable bonds is 4. The Labute approximate surface area is 148 Å². The summed E-state index contributed by atoms with van der Waals surface area (Å²) in [6.45, 7) is 11.2. The van der Waals surface area contributed by atoms with Crippen LogP contribution in [0.25, 0.3) is 6.08 Å². The molecule has 1 aromatic carbocycles. The minimum atomic E-state index is -0.715. The van der Waals surface area contributed by atoms with E-state index in [9.17, 15) is 14.4 Å². The number of carbonyl (C=O) groups is 3. The van der Waals surface area contributed by atoms with Crippen molar-refractivity contribution in [2.45, 2.75) is 40.2 Å². The molecule has 0 unspecified atom stereocenters. The van der Waals surface area contributed by atoms with Gasteiger partial charge in [0.05, 0.1) is 0 Å². The maximum Gasteiger partial charge on any atom is 0.331 e. The van der Waals surface area contributed by atoms with Gasteiger partial charge in [-0.15, -0.1) is 0 Å². The quantitative estimate of drug-likeness (QED) is 0.674. The molecule has 0 radical (unpaired) electrons. The summed E-state index contributed by atoms with van der Waals surface area (Å²) >= 11 is 0. The van der Waals surface area contributed by atoms with Crippen LogP contribution in [0.5, 0.6) is 0 Å². The number of urea groups is 1. The Bertz CT molecular complexity index is 710. The summed E-state index contributed by atoms with van der Waals surface area (Å²) in [5.41, 5.74) is 1.06. The number of nitrogens with zero attached hydrogens (tertiary/aromatic N) is 2. The van der Waals surface area contributed by atoms with Gasteiger partial charge in [-0.25, -0.2) is 4.79 Å². The van der Waals surface area contributed by atoms with Gasteiger partial charge >= 0.3 is 6.03 Å². The number of carbonyl (C=O) groups excluding carboxylic acids is 3. The first kappa shape index (κ1) is 18.7. The van der Waals surface area contributed by atoms with Crippen LogP contribution in [-0.4, -0.2) is 41.4 Å². The third-order valence-electron chi connectivity index (χ3n) is 4.11. The van der Waals surface area contributed by atoms with Crippen LogP contribution in [0.4, 0.5) is 10.5 Å². The number of nitrogens with one attached hydrogen (secondary N) is 1. The van der Waals surface area contributed by atoms with E-state index in [0.29, 0.717) is 0 Å². The fraction of sp³-hybridized carbons (Fsp3) is 0.421. The zero-order chi connectivity index (χ0) is 18.8. The van der Waals surface area contributed by atoms with Gasteiger partial charge < -0.3 is 4.90 Å². The molecule has 1 aromatic rings. The largest absolute Gasteiger partial charge is 0.372 e. The van der Waals surface area contributed by atoms with Gasteiger partial charge in [-0.1, -0.05) is 12.1 Å². The Kier molecular flexibility index (Phi) is 5.30.